The molecule has 4 aromatic heterocycles. The number of hydrogen-bond acceptors (Lipinski definition) is 3. The van der Waals surface area contributed by atoms with Crippen molar-refractivity contribution < 1.29 is 13.2 Å². The van der Waals surface area contributed by atoms with E-state index < -0.39 is 11.7 Å². The van der Waals surface area contributed by atoms with Gasteiger partial charge in [-0.3, -0.25) is 4.98 Å². The molecule has 0 radical (unpaired) electrons. The maximum absolute atomic E-state index is 14.4. The summed E-state index contributed by atoms with van der Waals surface area (Å²) in [7, 11) is 0. The molecule has 234 valence electrons. The monoisotopic (exact) mass is 642 g/mol. The molecule has 0 atom stereocenters. The molecule has 0 aliphatic carbocycles. The molecule has 4 nitrogen and oxygen atoms in total. The highest BCUT2D eigenvalue weighted by Gasteiger charge is 2.32. The molecule has 0 N–H and O–H groups in total. The molecule has 49 heavy (non-hydrogen) atoms. The van der Waals surface area contributed by atoms with Gasteiger partial charge in [0.25, 0.3) is 0 Å². The van der Waals surface area contributed by atoms with Gasteiger partial charge in [0.1, 0.15) is 0 Å². The fourth-order valence-corrected chi connectivity index (χ4v) is 6.75. The van der Waals surface area contributed by atoms with Gasteiger partial charge in [-0.1, -0.05) is 84.9 Å². The third-order valence-corrected chi connectivity index (χ3v) is 9.03. The molecule has 0 spiro atoms. The summed E-state index contributed by atoms with van der Waals surface area (Å²) in [5.74, 6) is 0. The van der Waals surface area contributed by atoms with E-state index in [1.54, 1.807) is 24.4 Å². The van der Waals surface area contributed by atoms with Crippen LogP contribution in [0.1, 0.15) is 5.56 Å². The summed E-state index contributed by atoms with van der Waals surface area (Å²) >= 11 is 0. The summed E-state index contributed by atoms with van der Waals surface area (Å²) in [5.41, 5.74) is 5.49. The molecule has 0 unspecified atom stereocenters. The molecular formula is C42H25F3N4. The summed E-state index contributed by atoms with van der Waals surface area (Å²) in [4.78, 5) is 14.2. The lowest BCUT2D eigenvalue weighted by atomic mass is 9.99. The molecule has 0 bridgehead atoms. The molecule has 0 saturated heterocycles. The second kappa shape index (κ2) is 11.1. The van der Waals surface area contributed by atoms with E-state index in [4.69, 9.17) is 9.97 Å². The largest absolute Gasteiger partial charge is 0.416 e. The third-order valence-electron chi connectivity index (χ3n) is 9.03. The number of alkyl halides is 3. The van der Waals surface area contributed by atoms with Crippen LogP contribution in [0.2, 0.25) is 0 Å². The van der Waals surface area contributed by atoms with E-state index in [0.29, 0.717) is 17.0 Å². The zero-order chi connectivity index (χ0) is 33.1. The first-order valence-corrected chi connectivity index (χ1v) is 15.8. The van der Waals surface area contributed by atoms with Crippen molar-refractivity contribution in [3.8, 4) is 39.6 Å². The predicted octanol–water partition coefficient (Wildman–Crippen LogP) is 11.3. The average Bonchev–Trinajstić information content (AvgIpc) is 3.48. The van der Waals surface area contributed by atoms with E-state index in [-0.39, 0.29) is 11.4 Å². The van der Waals surface area contributed by atoms with Crippen molar-refractivity contribution in [2.45, 2.75) is 6.18 Å². The van der Waals surface area contributed by atoms with Crippen molar-refractivity contribution >= 4 is 43.5 Å². The Kier molecular flexibility index (Phi) is 6.55. The van der Waals surface area contributed by atoms with E-state index in [1.807, 2.05) is 78.9 Å². The highest BCUT2D eigenvalue weighted by molar-refractivity contribution is 6.08. The smallest absolute Gasteiger partial charge is 0.308 e. The second-order valence-corrected chi connectivity index (χ2v) is 12.0. The Morgan fingerprint density at radius 3 is 2.06 bits per heavy atom. The molecular weight excluding hydrogens is 617 g/mol. The number of rotatable bonds is 4. The number of fused-ring (bicyclic) bond motifs is 6. The van der Waals surface area contributed by atoms with Crippen LogP contribution in [0.4, 0.5) is 13.2 Å². The minimum Gasteiger partial charge on any atom is -0.308 e. The SMILES string of the molecule is FC(F)(F)c1cc(-c2cccc(-n3c4ccccc4c4ncccc43)c2)nc(-c2cccc(-c3ccc4c(ccc5ccccc54)c3)n2)c1. The van der Waals surface area contributed by atoms with Crippen LogP contribution in [0.25, 0.3) is 83.1 Å². The third kappa shape index (κ3) is 4.98. The lowest BCUT2D eigenvalue weighted by Crippen LogP contribution is -2.07. The Labute approximate surface area is 278 Å². The molecule has 9 aromatic rings. The minimum atomic E-state index is -4.58. The lowest BCUT2D eigenvalue weighted by molar-refractivity contribution is -0.137. The molecule has 0 amide bonds. The molecule has 0 aliphatic heterocycles. The fraction of sp³-hybridized carbons (Fsp3) is 0.0238. The van der Waals surface area contributed by atoms with E-state index in [2.05, 4.69) is 45.9 Å². The van der Waals surface area contributed by atoms with Crippen molar-refractivity contribution in [2.24, 2.45) is 0 Å². The van der Waals surface area contributed by atoms with Crippen molar-refractivity contribution in [3.63, 3.8) is 0 Å². The van der Waals surface area contributed by atoms with Crippen LogP contribution in [0.3, 0.4) is 0 Å². The highest BCUT2D eigenvalue weighted by atomic mass is 19.4. The molecule has 0 aliphatic rings. The van der Waals surface area contributed by atoms with Crippen LogP contribution in [0.5, 0.6) is 0 Å². The quantitative estimate of drug-likeness (QED) is 0.179. The molecule has 5 aromatic carbocycles. The predicted molar refractivity (Wildman–Crippen MR) is 190 cm³/mol. The fourth-order valence-electron chi connectivity index (χ4n) is 6.75. The van der Waals surface area contributed by atoms with E-state index >= 15 is 0 Å². The number of benzene rings is 5. The Morgan fingerprint density at radius 1 is 0.469 bits per heavy atom. The van der Waals surface area contributed by atoms with Gasteiger partial charge in [0.15, 0.2) is 0 Å². The summed E-state index contributed by atoms with van der Waals surface area (Å²) in [5, 5.41) is 5.50. The maximum atomic E-state index is 14.4. The summed E-state index contributed by atoms with van der Waals surface area (Å²) in [6.45, 7) is 0. The van der Waals surface area contributed by atoms with Gasteiger partial charge in [-0.05, 0) is 82.2 Å². The van der Waals surface area contributed by atoms with Gasteiger partial charge in [-0.15, -0.1) is 0 Å². The molecule has 9 rings (SSSR count). The van der Waals surface area contributed by atoms with E-state index in [0.717, 1.165) is 66.9 Å². The number of aromatic nitrogens is 4. The van der Waals surface area contributed by atoms with Gasteiger partial charge < -0.3 is 4.57 Å². The van der Waals surface area contributed by atoms with Gasteiger partial charge in [0, 0.05) is 28.4 Å². The zero-order valence-corrected chi connectivity index (χ0v) is 25.9. The standard InChI is InChI=1S/C42H25F3N4/c43-42(44,45)30-24-37(28-9-5-10-31(23-28)49-39-15-4-3-12-34(39)41-40(49)16-7-21-46-41)48-38(25-30)36-14-6-13-35(47-36)29-19-20-33-27(22-29)18-17-26-8-1-2-11-32(26)33/h1-25H. The number of nitrogens with zero attached hydrogens (tertiary/aromatic N) is 4. The van der Waals surface area contributed by atoms with Crippen molar-refractivity contribution in [1.82, 2.24) is 19.5 Å². The van der Waals surface area contributed by atoms with E-state index in [9.17, 15) is 13.2 Å². The van der Waals surface area contributed by atoms with E-state index in [1.165, 1.54) is 0 Å². The van der Waals surface area contributed by atoms with Crippen LogP contribution in [0.15, 0.2) is 152 Å². The summed E-state index contributed by atoms with van der Waals surface area (Å²) < 4.78 is 45.2. The normalized spacial score (nSPS) is 12.0. The Morgan fingerprint density at radius 2 is 1.16 bits per heavy atom. The first-order chi connectivity index (χ1) is 23.9. The number of pyridine rings is 3. The summed E-state index contributed by atoms with van der Waals surface area (Å²) in [6, 6.07) is 45.3. The molecule has 7 heteroatoms. The Hall–Kier alpha value is -6.34. The van der Waals surface area contributed by atoms with Gasteiger partial charge in [0.05, 0.1) is 44.9 Å². The van der Waals surface area contributed by atoms with Crippen molar-refractivity contribution in [1.29, 1.82) is 0 Å². The lowest BCUT2D eigenvalue weighted by Gasteiger charge is -2.14. The molecule has 0 saturated carbocycles. The van der Waals surface area contributed by atoms with Crippen LogP contribution in [-0.4, -0.2) is 19.5 Å². The zero-order valence-electron chi connectivity index (χ0n) is 25.9. The Balaban J connectivity index is 1.16. The summed E-state index contributed by atoms with van der Waals surface area (Å²) in [6.07, 6.45) is -2.82. The van der Waals surface area contributed by atoms with Crippen LogP contribution in [0, 0.1) is 0 Å². The van der Waals surface area contributed by atoms with Crippen LogP contribution >= 0.6 is 0 Å². The van der Waals surface area contributed by atoms with Crippen LogP contribution in [-0.2, 0) is 6.18 Å². The maximum Gasteiger partial charge on any atom is 0.416 e. The Bertz CT molecular complexity index is 2670. The average molecular weight is 643 g/mol. The van der Waals surface area contributed by atoms with Crippen LogP contribution < -0.4 is 0 Å². The van der Waals surface area contributed by atoms with Gasteiger partial charge in [-0.2, -0.15) is 13.2 Å². The number of halogens is 3. The number of hydrogen-bond donors (Lipinski definition) is 0. The second-order valence-electron chi connectivity index (χ2n) is 12.0. The first kappa shape index (κ1) is 28.8. The number of para-hydroxylation sites is 1. The van der Waals surface area contributed by atoms with Crippen molar-refractivity contribution in [2.75, 3.05) is 0 Å². The van der Waals surface area contributed by atoms with Gasteiger partial charge in [0.2, 0.25) is 0 Å². The van der Waals surface area contributed by atoms with Gasteiger partial charge in [-0.25, -0.2) is 9.97 Å². The minimum absolute atomic E-state index is 0.143. The van der Waals surface area contributed by atoms with Gasteiger partial charge >= 0.3 is 6.18 Å². The molecule has 4 heterocycles. The topological polar surface area (TPSA) is 43.6 Å². The molecule has 0 fully saturated rings. The van der Waals surface area contributed by atoms with Crippen molar-refractivity contribution in [3.05, 3.63) is 157 Å². The highest BCUT2D eigenvalue weighted by Crippen LogP contribution is 2.37. The first-order valence-electron chi connectivity index (χ1n) is 15.8.